The Hall–Kier alpha value is -2.34. The van der Waals surface area contributed by atoms with E-state index in [9.17, 15) is 5.26 Å². The predicted molar refractivity (Wildman–Crippen MR) is 72.1 cm³/mol. The lowest BCUT2D eigenvalue weighted by Crippen LogP contribution is -2.07. The van der Waals surface area contributed by atoms with E-state index < -0.39 is 0 Å². The van der Waals surface area contributed by atoms with Crippen molar-refractivity contribution in [1.82, 2.24) is 4.98 Å². The van der Waals surface area contributed by atoms with Crippen molar-refractivity contribution in [3.63, 3.8) is 0 Å². The maximum Gasteiger partial charge on any atom is 0.237 e. The van der Waals surface area contributed by atoms with Crippen LogP contribution in [0.5, 0.6) is 11.6 Å². The standard InChI is InChI=1S/C16H14N2O/c17-11-13-10-12-6-4-5-9-15(12)18-16(13)19-14-7-2-1-3-8-14/h1-3,7-8,10H,4-6,9H2. The van der Waals surface area contributed by atoms with Gasteiger partial charge in [0.1, 0.15) is 17.4 Å². The summed E-state index contributed by atoms with van der Waals surface area (Å²) in [6.07, 6.45) is 4.34. The van der Waals surface area contributed by atoms with E-state index >= 15 is 0 Å². The number of pyridine rings is 1. The van der Waals surface area contributed by atoms with Gasteiger partial charge in [0.15, 0.2) is 0 Å². The van der Waals surface area contributed by atoms with Crippen molar-refractivity contribution in [3.8, 4) is 17.7 Å². The van der Waals surface area contributed by atoms with Crippen LogP contribution in [0.3, 0.4) is 0 Å². The Morgan fingerprint density at radius 1 is 1.11 bits per heavy atom. The number of hydrogen-bond acceptors (Lipinski definition) is 3. The number of nitriles is 1. The minimum atomic E-state index is 0.425. The summed E-state index contributed by atoms with van der Waals surface area (Å²) in [5, 5.41) is 9.23. The van der Waals surface area contributed by atoms with Crippen molar-refractivity contribution in [2.75, 3.05) is 0 Å². The topological polar surface area (TPSA) is 45.9 Å². The Morgan fingerprint density at radius 2 is 1.89 bits per heavy atom. The lowest BCUT2D eigenvalue weighted by Gasteiger charge is -2.16. The molecule has 2 aromatic rings. The molecule has 3 nitrogen and oxygen atoms in total. The first-order valence-corrected chi connectivity index (χ1v) is 6.52. The van der Waals surface area contributed by atoms with Gasteiger partial charge < -0.3 is 4.74 Å². The van der Waals surface area contributed by atoms with Gasteiger partial charge in [0.2, 0.25) is 5.88 Å². The molecule has 0 aliphatic heterocycles. The lowest BCUT2D eigenvalue weighted by molar-refractivity contribution is 0.456. The number of nitrogens with zero attached hydrogens (tertiary/aromatic N) is 2. The molecule has 0 spiro atoms. The van der Waals surface area contributed by atoms with E-state index in [4.69, 9.17) is 4.74 Å². The number of hydrogen-bond donors (Lipinski definition) is 0. The van der Waals surface area contributed by atoms with Gasteiger partial charge in [-0.1, -0.05) is 18.2 Å². The second-order valence-electron chi connectivity index (χ2n) is 4.68. The van der Waals surface area contributed by atoms with Gasteiger partial charge in [-0.25, -0.2) is 4.98 Å². The largest absolute Gasteiger partial charge is 0.438 e. The predicted octanol–water partition coefficient (Wildman–Crippen LogP) is 3.62. The molecule has 1 heterocycles. The monoisotopic (exact) mass is 250 g/mol. The lowest BCUT2D eigenvalue weighted by atomic mass is 9.95. The molecule has 0 atom stereocenters. The van der Waals surface area contributed by atoms with Crippen LogP contribution in [-0.2, 0) is 12.8 Å². The van der Waals surface area contributed by atoms with E-state index in [1.54, 1.807) is 0 Å². The fraction of sp³-hybridized carbons (Fsp3) is 0.250. The molecular weight excluding hydrogens is 236 g/mol. The van der Waals surface area contributed by atoms with Gasteiger partial charge in [0.25, 0.3) is 0 Å². The fourth-order valence-electron chi connectivity index (χ4n) is 2.37. The summed E-state index contributed by atoms with van der Waals surface area (Å²) < 4.78 is 5.73. The van der Waals surface area contributed by atoms with Gasteiger partial charge in [0, 0.05) is 5.69 Å². The van der Waals surface area contributed by atoms with Gasteiger partial charge in [-0.05, 0) is 49.4 Å². The number of ether oxygens (including phenoxy) is 1. The van der Waals surface area contributed by atoms with Gasteiger partial charge in [0.05, 0.1) is 0 Å². The number of aryl methyl sites for hydroxylation is 2. The third-order valence-electron chi connectivity index (χ3n) is 3.34. The van der Waals surface area contributed by atoms with Crippen molar-refractivity contribution < 1.29 is 4.74 Å². The molecule has 0 fully saturated rings. The first kappa shape index (κ1) is 11.7. The van der Waals surface area contributed by atoms with Crippen molar-refractivity contribution in [3.05, 3.63) is 53.2 Å². The van der Waals surface area contributed by atoms with E-state index in [1.165, 1.54) is 12.0 Å². The maximum absolute atomic E-state index is 9.23. The molecule has 0 radical (unpaired) electrons. The van der Waals surface area contributed by atoms with Crippen LogP contribution in [0, 0.1) is 11.3 Å². The van der Waals surface area contributed by atoms with Crippen molar-refractivity contribution in [1.29, 1.82) is 5.26 Å². The van der Waals surface area contributed by atoms with Crippen LogP contribution in [0.4, 0.5) is 0 Å². The fourth-order valence-corrected chi connectivity index (χ4v) is 2.37. The summed E-state index contributed by atoms with van der Waals surface area (Å²) in [6, 6.07) is 13.6. The third-order valence-corrected chi connectivity index (χ3v) is 3.34. The second-order valence-corrected chi connectivity index (χ2v) is 4.68. The molecule has 1 aliphatic carbocycles. The number of para-hydroxylation sites is 1. The molecule has 0 unspecified atom stereocenters. The van der Waals surface area contributed by atoms with E-state index in [2.05, 4.69) is 11.1 Å². The molecule has 3 heteroatoms. The molecule has 0 saturated heterocycles. The highest BCUT2D eigenvalue weighted by Crippen LogP contribution is 2.28. The van der Waals surface area contributed by atoms with Gasteiger partial charge in [-0.15, -0.1) is 0 Å². The van der Waals surface area contributed by atoms with Crippen LogP contribution in [0.15, 0.2) is 36.4 Å². The molecule has 0 bridgehead atoms. The van der Waals surface area contributed by atoms with E-state index in [0.717, 1.165) is 25.0 Å². The van der Waals surface area contributed by atoms with Crippen LogP contribution in [-0.4, -0.2) is 4.98 Å². The highest BCUT2D eigenvalue weighted by molar-refractivity contribution is 5.45. The first-order valence-electron chi connectivity index (χ1n) is 6.52. The smallest absolute Gasteiger partial charge is 0.237 e. The summed E-state index contributed by atoms with van der Waals surface area (Å²) in [7, 11) is 0. The summed E-state index contributed by atoms with van der Waals surface area (Å²) >= 11 is 0. The van der Waals surface area contributed by atoms with Gasteiger partial charge in [-0.3, -0.25) is 0 Å². The van der Waals surface area contributed by atoms with Crippen LogP contribution >= 0.6 is 0 Å². The molecule has 0 N–H and O–H groups in total. The van der Waals surface area contributed by atoms with E-state index in [0.29, 0.717) is 17.2 Å². The Bertz CT molecular complexity index is 629. The van der Waals surface area contributed by atoms with Gasteiger partial charge in [-0.2, -0.15) is 5.26 Å². The SMILES string of the molecule is N#Cc1cc2c(nc1Oc1ccccc1)CCCC2. The third kappa shape index (κ3) is 2.43. The molecule has 19 heavy (non-hydrogen) atoms. The zero-order valence-corrected chi connectivity index (χ0v) is 10.6. The average Bonchev–Trinajstić information content (AvgIpc) is 2.47. The molecule has 94 valence electrons. The Morgan fingerprint density at radius 3 is 2.68 bits per heavy atom. The Kier molecular flexibility index (Phi) is 3.16. The van der Waals surface area contributed by atoms with Crippen LogP contribution in [0.2, 0.25) is 0 Å². The quantitative estimate of drug-likeness (QED) is 0.817. The minimum absolute atomic E-state index is 0.425. The van der Waals surface area contributed by atoms with E-state index in [-0.39, 0.29) is 0 Å². The maximum atomic E-state index is 9.23. The molecule has 1 aliphatic rings. The van der Waals surface area contributed by atoms with Crippen LogP contribution in [0.25, 0.3) is 0 Å². The highest BCUT2D eigenvalue weighted by atomic mass is 16.5. The summed E-state index contributed by atoms with van der Waals surface area (Å²) in [4.78, 5) is 4.53. The van der Waals surface area contributed by atoms with Crippen molar-refractivity contribution in [2.45, 2.75) is 25.7 Å². The average molecular weight is 250 g/mol. The molecular formula is C16H14N2O. The van der Waals surface area contributed by atoms with Gasteiger partial charge >= 0.3 is 0 Å². The zero-order chi connectivity index (χ0) is 13.1. The first-order chi connectivity index (χ1) is 9.36. The van der Waals surface area contributed by atoms with Crippen LogP contribution in [0.1, 0.15) is 29.7 Å². The normalized spacial score (nSPS) is 13.4. The molecule has 0 saturated carbocycles. The van der Waals surface area contributed by atoms with Crippen LogP contribution < -0.4 is 4.74 Å². The molecule has 3 rings (SSSR count). The number of aromatic nitrogens is 1. The summed E-state index contributed by atoms with van der Waals surface area (Å²) in [5.74, 6) is 1.14. The van der Waals surface area contributed by atoms with Crippen molar-refractivity contribution >= 4 is 0 Å². The number of benzene rings is 1. The summed E-state index contributed by atoms with van der Waals surface area (Å²) in [5.41, 5.74) is 2.80. The molecule has 1 aromatic heterocycles. The Balaban J connectivity index is 1.98. The molecule has 1 aromatic carbocycles. The second kappa shape index (κ2) is 5.11. The zero-order valence-electron chi connectivity index (χ0n) is 10.6. The number of rotatable bonds is 2. The molecule has 0 amide bonds. The van der Waals surface area contributed by atoms with E-state index in [1.807, 2.05) is 36.4 Å². The Labute approximate surface area is 112 Å². The highest BCUT2D eigenvalue weighted by Gasteiger charge is 2.16. The number of fused-ring (bicyclic) bond motifs is 1. The van der Waals surface area contributed by atoms with Crippen molar-refractivity contribution in [2.24, 2.45) is 0 Å². The summed E-state index contributed by atoms with van der Waals surface area (Å²) in [6.45, 7) is 0. The minimum Gasteiger partial charge on any atom is -0.438 e.